The molecule has 0 spiro atoms. The number of hydrogen-bond donors (Lipinski definition) is 2. The average Bonchev–Trinajstić information content (AvgIpc) is 2.67. The molecule has 0 saturated heterocycles. The molecule has 0 saturated carbocycles. The Labute approximate surface area is 98.8 Å². The number of aryl methyl sites for hydroxylation is 1. The fraction of sp³-hybridized carbons (Fsp3) is 0.250. The molecule has 0 atom stereocenters. The summed E-state index contributed by atoms with van der Waals surface area (Å²) in [5, 5.41) is 15.4. The Morgan fingerprint density at radius 1 is 1.31 bits per heavy atom. The van der Waals surface area contributed by atoms with Gasteiger partial charge in [-0.1, -0.05) is 12.1 Å². The third kappa shape index (κ3) is 2.97. The Hall–Kier alpha value is -1.55. The monoisotopic (exact) mass is 234 g/mol. The highest BCUT2D eigenvalue weighted by Crippen LogP contribution is 2.15. The minimum Gasteiger partial charge on any atom is -0.508 e. The topological polar surface area (TPSA) is 45.1 Å². The predicted octanol–water partition coefficient (Wildman–Crippen LogP) is 2.81. The van der Waals surface area contributed by atoms with Crippen molar-refractivity contribution in [3.63, 3.8) is 0 Å². The molecule has 4 heteroatoms. The van der Waals surface area contributed by atoms with Crippen LogP contribution in [0.4, 0.5) is 5.13 Å². The number of hydrogen-bond acceptors (Lipinski definition) is 4. The summed E-state index contributed by atoms with van der Waals surface area (Å²) in [6.45, 7) is 2.85. The average molecular weight is 234 g/mol. The second-order valence-corrected chi connectivity index (χ2v) is 4.50. The molecule has 0 aliphatic carbocycles. The highest BCUT2D eigenvalue weighted by Gasteiger charge is 1.97. The molecule has 1 aromatic carbocycles. The lowest BCUT2D eigenvalue weighted by Gasteiger charge is -2.03. The van der Waals surface area contributed by atoms with Crippen molar-refractivity contribution in [3.8, 4) is 5.75 Å². The maximum Gasteiger partial charge on any atom is 0.182 e. The van der Waals surface area contributed by atoms with Gasteiger partial charge in [0.05, 0.1) is 5.69 Å². The highest BCUT2D eigenvalue weighted by molar-refractivity contribution is 7.13. The molecule has 0 aliphatic heterocycles. The minimum absolute atomic E-state index is 0.312. The molecule has 0 amide bonds. The van der Waals surface area contributed by atoms with Crippen molar-refractivity contribution in [2.45, 2.75) is 13.3 Å². The zero-order chi connectivity index (χ0) is 11.4. The Bertz CT molecular complexity index is 450. The first kappa shape index (κ1) is 11.0. The van der Waals surface area contributed by atoms with Crippen LogP contribution >= 0.6 is 11.3 Å². The number of rotatable bonds is 4. The second kappa shape index (κ2) is 4.99. The van der Waals surface area contributed by atoms with Gasteiger partial charge in [0.1, 0.15) is 5.75 Å². The summed E-state index contributed by atoms with van der Waals surface area (Å²) >= 11 is 1.62. The maximum absolute atomic E-state index is 9.14. The van der Waals surface area contributed by atoms with Gasteiger partial charge in [0.2, 0.25) is 0 Å². The Kier molecular flexibility index (Phi) is 3.41. The first-order chi connectivity index (χ1) is 7.74. The van der Waals surface area contributed by atoms with Gasteiger partial charge >= 0.3 is 0 Å². The number of anilines is 1. The largest absolute Gasteiger partial charge is 0.508 e. The molecule has 2 rings (SSSR count). The van der Waals surface area contributed by atoms with E-state index in [0.29, 0.717) is 5.75 Å². The van der Waals surface area contributed by atoms with E-state index in [1.165, 1.54) is 5.56 Å². The number of phenols is 1. The fourth-order valence-corrected chi connectivity index (χ4v) is 2.13. The maximum atomic E-state index is 9.14. The molecule has 2 N–H and O–H groups in total. The number of thiazole rings is 1. The van der Waals surface area contributed by atoms with Gasteiger partial charge in [0.15, 0.2) is 5.13 Å². The van der Waals surface area contributed by atoms with Gasteiger partial charge in [-0.05, 0) is 31.0 Å². The molecule has 1 aromatic heterocycles. The summed E-state index contributed by atoms with van der Waals surface area (Å²) in [5.74, 6) is 0.312. The molecule has 84 valence electrons. The number of benzene rings is 1. The van der Waals surface area contributed by atoms with Crippen molar-refractivity contribution in [1.82, 2.24) is 4.98 Å². The Balaban J connectivity index is 1.82. The van der Waals surface area contributed by atoms with Gasteiger partial charge < -0.3 is 10.4 Å². The van der Waals surface area contributed by atoms with E-state index < -0.39 is 0 Å². The lowest BCUT2D eigenvalue weighted by atomic mass is 10.1. The molecule has 1 heterocycles. The van der Waals surface area contributed by atoms with Gasteiger partial charge in [0, 0.05) is 11.9 Å². The van der Waals surface area contributed by atoms with E-state index in [-0.39, 0.29) is 0 Å². The molecule has 0 fully saturated rings. The van der Waals surface area contributed by atoms with Crippen LogP contribution in [0.25, 0.3) is 0 Å². The smallest absolute Gasteiger partial charge is 0.182 e. The third-order valence-corrected chi connectivity index (χ3v) is 3.16. The van der Waals surface area contributed by atoms with E-state index in [4.69, 9.17) is 5.11 Å². The normalized spacial score (nSPS) is 10.3. The van der Waals surface area contributed by atoms with Crippen molar-refractivity contribution in [1.29, 1.82) is 0 Å². The van der Waals surface area contributed by atoms with Crippen LogP contribution in [-0.2, 0) is 6.42 Å². The lowest BCUT2D eigenvalue weighted by Crippen LogP contribution is -2.04. The standard InChI is InChI=1S/C12H14N2OS/c1-9-8-16-12(14-9)13-7-6-10-2-4-11(15)5-3-10/h2-5,8,15H,6-7H2,1H3,(H,13,14). The molecule has 0 unspecified atom stereocenters. The minimum atomic E-state index is 0.312. The zero-order valence-electron chi connectivity index (χ0n) is 9.10. The van der Waals surface area contributed by atoms with Gasteiger partial charge in [-0.15, -0.1) is 11.3 Å². The van der Waals surface area contributed by atoms with Gasteiger partial charge in [-0.25, -0.2) is 4.98 Å². The molecule has 2 aromatic rings. The summed E-state index contributed by atoms with van der Waals surface area (Å²) in [6, 6.07) is 7.29. The molecule has 16 heavy (non-hydrogen) atoms. The summed E-state index contributed by atoms with van der Waals surface area (Å²) < 4.78 is 0. The van der Waals surface area contributed by atoms with Crippen LogP contribution in [0.5, 0.6) is 5.75 Å². The van der Waals surface area contributed by atoms with Crippen LogP contribution in [0.15, 0.2) is 29.6 Å². The molecular formula is C12H14N2OS. The van der Waals surface area contributed by atoms with Crippen LogP contribution in [0.1, 0.15) is 11.3 Å². The van der Waals surface area contributed by atoms with E-state index in [0.717, 1.165) is 23.8 Å². The van der Waals surface area contributed by atoms with E-state index in [9.17, 15) is 0 Å². The van der Waals surface area contributed by atoms with Crippen molar-refractivity contribution in [3.05, 3.63) is 40.9 Å². The summed E-state index contributed by atoms with van der Waals surface area (Å²) in [6.07, 6.45) is 0.929. The molecule has 3 nitrogen and oxygen atoms in total. The van der Waals surface area contributed by atoms with Crippen LogP contribution in [-0.4, -0.2) is 16.6 Å². The third-order valence-electron chi connectivity index (χ3n) is 2.25. The van der Waals surface area contributed by atoms with Crippen LogP contribution in [0.2, 0.25) is 0 Å². The van der Waals surface area contributed by atoms with Crippen molar-refractivity contribution in [2.75, 3.05) is 11.9 Å². The van der Waals surface area contributed by atoms with Crippen molar-refractivity contribution < 1.29 is 5.11 Å². The first-order valence-corrected chi connectivity index (χ1v) is 6.06. The first-order valence-electron chi connectivity index (χ1n) is 5.18. The van der Waals surface area contributed by atoms with E-state index in [1.807, 2.05) is 24.4 Å². The number of aromatic nitrogens is 1. The molecule has 0 aliphatic rings. The molecular weight excluding hydrogens is 220 g/mol. The van der Waals surface area contributed by atoms with Crippen molar-refractivity contribution >= 4 is 16.5 Å². The Morgan fingerprint density at radius 3 is 2.69 bits per heavy atom. The second-order valence-electron chi connectivity index (χ2n) is 3.64. The lowest BCUT2D eigenvalue weighted by molar-refractivity contribution is 0.475. The highest BCUT2D eigenvalue weighted by atomic mass is 32.1. The van der Waals surface area contributed by atoms with E-state index in [2.05, 4.69) is 10.3 Å². The summed E-state index contributed by atoms with van der Waals surface area (Å²) in [4.78, 5) is 4.32. The van der Waals surface area contributed by atoms with Crippen LogP contribution < -0.4 is 5.32 Å². The van der Waals surface area contributed by atoms with E-state index in [1.54, 1.807) is 23.5 Å². The zero-order valence-corrected chi connectivity index (χ0v) is 9.92. The quantitative estimate of drug-likeness (QED) is 0.855. The number of phenolic OH excluding ortho intramolecular Hbond substituents is 1. The van der Waals surface area contributed by atoms with E-state index >= 15 is 0 Å². The van der Waals surface area contributed by atoms with Gasteiger partial charge in [-0.2, -0.15) is 0 Å². The number of nitrogens with one attached hydrogen (secondary N) is 1. The SMILES string of the molecule is Cc1csc(NCCc2ccc(O)cc2)n1. The Morgan fingerprint density at radius 2 is 2.06 bits per heavy atom. The number of nitrogens with zero attached hydrogens (tertiary/aromatic N) is 1. The van der Waals surface area contributed by atoms with Crippen LogP contribution in [0.3, 0.4) is 0 Å². The summed E-state index contributed by atoms with van der Waals surface area (Å²) in [5.41, 5.74) is 2.26. The predicted molar refractivity (Wildman–Crippen MR) is 67.2 cm³/mol. The number of aromatic hydroxyl groups is 1. The van der Waals surface area contributed by atoms with Gasteiger partial charge in [-0.3, -0.25) is 0 Å². The summed E-state index contributed by atoms with van der Waals surface area (Å²) in [7, 11) is 0. The van der Waals surface area contributed by atoms with Crippen molar-refractivity contribution in [2.24, 2.45) is 0 Å². The fourth-order valence-electron chi connectivity index (χ4n) is 1.41. The van der Waals surface area contributed by atoms with Gasteiger partial charge in [0.25, 0.3) is 0 Å². The molecule has 0 radical (unpaired) electrons. The van der Waals surface area contributed by atoms with Crippen LogP contribution in [0, 0.1) is 6.92 Å². The molecule has 0 bridgehead atoms.